The Balaban J connectivity index is 2.57. The van der Waals surface area contributed by atoms with Gasteiger partial charge in [0.05, 0.1) is 11.6 Å². The first-order valence-corrected chi connectivity index (χ1v) is 6.39. The lowest BCUT2D eigenvalue weighted by Gasteiger charge is -2.22. The molecule has 0 amide bonds. The van der Waals surface area contributed by atoms with E-state index in [1.807, 2.05) is 0 Å². The highest BCUT2D eigenvalue weighted by Crippen LogP contribution is 2.37. The summed E-state index contributed by atoms with van der Waals surface area (Å²) in [7, 11) is 0. The number of alkyl halides is 3. The smallest absolute Gasteiger partial charge is 0.398 e. The lowest BCUT2D eigenvalue weighted by atomic mass is 9.93. The van der Waals surface area contributed by atoms with Crippen LogP contribution in [0.25, 0.3) is 0 Å². The van der Waals surface area contributed by atoms with Crippen LogP contribution in [0.4, 0.5) is 18.9 Å². The van der Waals surface area contributed by atoms with Gasteiger partial charge in [-0.05, 0) is 29.3 Å². The molecule has 5 N–H and O–H groups in total. The number of hydrogen-bond acceptors (Lipinski definition) is 3. The second kappa shape index (κ2) is 5.93. The van der Waals surface area contributed by atoms with Gasteiger partial charge in [-0.3, -0.25) is 5.84 Å². The van der Waals surface area contributed by atoms with Gasteiger partial charge in [-0.2, -0.15) is 13.2 Å². The molecule has 0 bridgehead atoms. The minimum atomic E-state index is -4.48. The number of rotatable bonds is 3. The van der Waals surface area contributed by atoms with E-state index in [-0.39, 0.29) is 11.3 Å². The van der Waals surface area contributed by atoms with Gasteiger partial charge in [0.25, 0.3) is 0 Å². The van der Waals surface area contributed by atoms with Gasteiger partial charge >= 0.3 is 6.18 Å². The van der Waals surface area contributed by atoms with Gasteiger partial charge in [0, 0.05) is 10.7 Å². The minimum absolute atomic E-state index is 0.00141. The summed E-state index contributed by atoms with van der Waals surface area (Å²) in [4.78, 5) is 0. The predicted octanol–water partition coefficient (Wildman–Crippen LogP) is 3.49. The van der Waals surface area contributed by atoms with Gasteiger partial charge < -0.3 is 5.73 Å². The summed E-state index contributed by atoms with van der Waals surface area (Å²) in [5, 5.41) is 0.399. The Kier molecular flexibility index (Phi) is 4.41. The van der Waals surface area contributed by atoms with Crippen molar-refractivity contribution in [1.82, 2.24) is 5.43 Å². The maximum Gasteiger partial charge on any atom is 0.416 e. The molecule has 3 nitrogen and oxygen atoms in total. The number of benzene rings is 2. The van der Waals surface area contributed by atoms with Gasteiger partial charge in [0.15, 0.2) is 0 Å². The monoisotopic (exact) mass is 315 g/mol. The fourth-order valence-electron chi connectivity index (χ4n) is 2.16. The molecule has 0 heterocycles. The Morgan fingerprint density at radius 2 is 1.71 bits per heavy atom. The molecule has 0 spiro atoms. The molecule has 0 fully saturated rings. The zero-order chi connectivity index (χ0) is 15.6. The standard InChI is InChI=1S/C14H13ClF3N3/c15-8-5-6-10(12(19)7-8)13(21-20)9-3-1-2-4-11(9)14(16,17)18/h1-7,13,21H,19-20H2. The molecule has 7 heteroatoms. The number of nitrogens with two attached hydrogens (primary N) is 2. The molecule has 2 aromatic carbocycles. The average Bonchev–Trinajstić information content (AvgIpc) is 2.41. The number of nitrogen functional groups attached to an aromatic ring is 1. The van der Waals surface area contributed by atoms with Crippen molar-refractivity contribution in [2.75, 3.05) is 5.73 Å². The van der Waals surface area contributed by atoms with Gasteiger partial charge in [0.1, 0.15) is 0 Å². The fraction of sp³-hybridized carbons (Fsp3) is 0.143. The van der Waals surface area contributed by atoms with Crippen molar-refractivity contribution in [2.24, 2.45) is 5.84 Å². The van der Waals surface area contributed by atoms with Crippen LogP contribution in [0.5, 0.6) is 0 Å². The third-order valence-electron chi connectivity index (χ3n) is 3.10. The maximum atomic E-state index is 13.1. The Labute approximate surface area is 124 Å². The molecular weight excluding hydrogens is 303 g/mol. The number of anilines is 1. The van der Waals surface area contributed by atoms with E-state index < -0.39 is 17.8 Å². The molecule has 2 rings (SSSR count). The SMILES string of the molecule is NNC(c1ccc(Cl)cc1N)c1ccccc1C(F)(F)F. The Morgan fingerprint density at radius 1 is 1.05 bits per heavy atom. The van der Waals surface area contributed by atoms with Crippen molar-refractivity contribution < 1.29 is 13.2 Å². The van der Waals surface area contributed by atoms with Crippen molar-refractivity contribution in [1.29, 1.82) is 0 Å². The van der Waals surface area contributed by atoms with Crippen LogP contribution in [0.3, 0.4) is 0 Å². The molecule has 1 unspecified atom stereocenters. The Hall–Kier alpha value is -1.76. The molecule has 21 heavy (non-hydrogen) atoms. The molecule has 0 aliphatic rings. The van der Waals surface area contributed by atoms with E-state index in [1.54, 1.807) is 12.1 Å². The highest BCUT2D eigenvalue weighted by molar-refractivity contribution is 6.30. The molecule has 0 aliphatic carbocycles. The van der Waals surface area contributed by atoms with Crippen molar-refractivity contribution in [3.05, 3.63) is 64.2 Å². The van der Waals surface area contributed by atoms with Crippen molar-refractivity contribution >= 4 is 17.3 Å². The number of halogens is 4. The average molecular weight is 316 g/mol. The topological polar surface area (TPSA) is 64.1 Å². The lowest BCUT2D eigenvalue weighted by Crippen LogP contribution is -2.31. The lowest BCUT2D eigenvalue weighted by molar-refractivity contribution is -0.138. The first-order valence-electron chi connectivity index (χ1n) is 6.01. The van der Waals surface area contributed by atoms with E-state index in [2.05, 4.69) is 5.43 Å². The maximum absolute atomic E-state index is 13.1. The zero-order valence-corrected chi connectivity index (χ0v) is 11.5. The summed E-state index contributed by atoms with van der Waals surface area (Å²) in [6, 6.07) is 8.89. The summed E-state index contributed by atoms with van der Waals surface area (Å²) in [5.41, 5.74) is 8.15. The van der Waals surface area contributed by atoms with Gasteiger partial charge in [0.2, 0.25) is 0 Å². The van der Waals surface area contributed by atoms with Crippen LogP contribution in [0.1, 0.15) is 22.7 Å². The van der Waals surface area contributed by atoms with Gasteiger partial charge in [-0.1, -0.05) is 35.9 Å². The molecule has 0 aliphatic heterocycles. The Bertz CT molecular complexity index is 644. The number of hydrogen-bond donors (Lipinski definition) is 3. The van der Waals surface area contributed by atoms with Crippen molar-refractivity contribution in [2.45, 2.75) is 12.2 Å². The first-order chi connectivity index (χ1) is 9.84. The second-order valence-corrected chi connectivity index (χ2v) is 4.89. The highest BCUT2D eigenvalue weighted by Gasteiger charge is 2.35. The zero-order valence-electron chi connectivity index (χ0n) is 10.8. The molecule has 112 valence electrons. The van der Waals surface area contributed by atoms with Crippen LogP contribution in [0.2, 0.25) is 5.02 Å². The summed E-state index contributed by atoms with van der Waals surface area (Å²) in [6.07, 6.45) is -4.48. The molecule has 0 aromatic heterocycles. The first kappa shape index (κ1) is 15.6. The van der Waals surface area contributed by atoms with Gasteiger partial charge in [-0.25, -0.2) is 5.43 Å². The number of hydrazine groups is 1. The third kappa shape index (κ3) is 3.29. The normalized spacial score (nSPS) is 13.2. The Morgan fingerprint density at radius 3 is 2.29 bits per heavy atom. The predicted molar refractivity (Wildman–Crippen MR) is 76.5 cm³/mol. The largest absolute Gasteiger partial charge is 0.416 e. The van der Waals surface area contributed by atoms with E-state index >= 15 is 0 Å². The van der Waals surface area contributed by atoms with Crippen LogP contribution >= 0.6 is 11.6 Å². The van der Waals surface area contributed by atoms with E-state index in [9.17, 15) is 13.2 Å². The van der Waals surface area contributed by atoms with Crippen molar-refractivity contribution in [3.63, 3.8) is 0 Å². The van der Waals surface area contributed by atoms with E-state index in [0.29, 0.717) is 10.6 Å². The van der Waals surface area contributed by atoms with Crippen LogP contribution in [-0.4, -0.2) is 0 Å². The van der Waals surface area contributed by atoms with E-state index in [1.165, 1.54) is 24.3 Å². The van der Waals surface area contributed by atoms with Crippen LogP contribution in [-0.2, 0) is 6.18 Å². The van der Waals surface area contributed by atoms with Gasteiger partial charge in [-0.15, -0.1) is 0 Å². The van der Waals surface area contributed by atoms with E-state index in [4.69, 9.17) is 23.2 Å². The molecular formula is C14H13ClF3N3. The summed E-state index contributed by atoms with van der Waals surface area (Å²) in [6.45, 7) is 0. The molecule has 0 radical (unpaired) electrons. The second-order valence-electron chi connectivity index (χ2n) is 4.46. The van der Waals surface area contributed by atoms with Crippen LogP contribution in [0.15, 0.2) is 42.5 Å². The third-order valence-corrected chi connectivity index (χ3v) is 3.34. The molecule has 0 saturated carbocycles. The van der Waals surface area contributed by atoms with Crippen LogP contribution < -0.4 is 17.0 Å². The van der Waals surface area contributed by atoms with Crippen LogP contribution in [0, 0.1) is 0 Å². The molecule has 2 aromatic rings. The minimum Gasteiger partial charge on any atom is -0.398 e. The summed E-state index contributed by atoms with van der Waals surface area (Å²) >= 11 is 5.80. The highest BCUT2D eigenvalue weighted by atomic mass is 35.5. The number of nitrogens with one attached hydrogen (secondary N) is 1. The fourth-order valence-corrected chi connectivity index (χ4v) is 2.34. The molecule has 0 saturated heterocycles. The summed E-state index contributed by atoms with van der Waals surface area (Å²) in [5.74, 6) is 5.45. The van der Waals surface area contributed by atoms with E-state index in [0.717, 1.165) is 6.07 Å². The summed E-state index contributed by atoms with van der Waals surface area (Å²) < 4.78 is 39.3. The molecule has 1 atom stereocenters. The quantitative estimate of drug-likeness (QED) is 0.461. The van der Waals surface area contributed by atoms with Crippen molar-refractivity contribution in [3.8, 4) is 0 Å².